The monoisotopic (exact) mass is 449 g/mol. The van der Waals surface area contributed by atoms with Gasteiger partial charge < -0.3 is 5.32 Å². The lowest BCUT2D eigenvalue weighted by molar-refractivity contribution is -0.124. The maximum atomic E-state index is 13.2. The van der Waals surface area contributed by atoms with Gasteiger partial charge in [0.15, 0.2) is 5.52 Å². The van der Waals surface area contributed by atoms with Gasteiger partial charge in [0.05, 0.1) is 22.5 Å². The van der Waals surface area contributed by atoms with Crippen molar-refractivity contribution in [3.63, 3.8) is 0 Å². The average Bonchev–Trinajstić information content (AvgIpc) is 3.13. The van der Waals surface area contributed by atoms with Gasteiger partial charge in [-0.25, -0.2) is 9.36 Å². The predicted molar refractivity (Wildman–Crippen MR) is 125 cm³/mol. The van der Waals surface area contributed by atoms with E-state index in [9.17, 15) is 9.59 Å². The van der Waals surface area contributed by atoms with E-state index in [4.69, 9.17) is 11.6 Å². The number of aromatic nitrogens is 4. The molecule has 164 valence electrons. The van der Waals surface area contributed by atoms with E-state index in [0.717, 1.165) is 22.5 Å². The summed E-state index contributed by atoms with van der Waals surface area (Å²) in [6.45, 7) is 7.65. The number of aryl methyl sites for hydroxylation is 3. The fourth-order valence-electron chi connectivity index (χ4n) is 3.73. The maximum absolute atomic E-state index is 13.2. The molecule has 2 aromatic carbocycles. The van der Waals surface area contributed by atoms with Gasteiger partial charge in [-0.3, -0.25) is 9.59 Å². The molecule has 0 radical (unpaired) electrons. The molecule has 0 saturated carbocycles. The molecule has 2 heterocycles. The number of rotatable bonds is 5. The van der Waals surface area contributed by atoms with Gasteiger partial charge in [-0.1, -0.05) is 47.5 Å². The first kappa shape index (κ1) is 21.8. The van der Waals surface area contributed by atoms with Crippen LogP contribution in [-0.4, -0.2) is 25.5 Å². The summed E-state index contributed by atoms with van der Waals surface area (Å²) in [7, 11) is 0. The molecule has 2 aromatic heterocycles. The SMILES string of the molecule is Cc1ccc(-n2nc3c(=O)n([C@H](C)C(=O)NCc4ccccc4Cl)nc(C)c3c2C)cc1. The highest BCUT2D eigenvalue weighted by Gasteiger charge is 2.23. The summed E-state index contributed by atoms with van der Waals surface area (Å²) in [6.07, 6.45) is 0. The molecule has 32 heavy (non-hydrogen) atoms. The first-order chi connectivity index (χ1) is 15.3. The zero-order valence-corrected chi connectivity index (χ0v) is 19.1. The van der Waals surface area contributed by atoms with E-state index in [0.29, 0.717) is 21.6 Å². The molecule has 0 fully saturated rings. The first-order valence-corrected chi connectivity index (χ1v) is 10.7. The molecule has 0 saturated heterocycles. The van der Waals surface area contributed by atoms with Crippen LogP contribution in [-0.2, 0) is 11.3 Å². The van der Waals surface area contributed by atoms with Gasteiger partial charge >= 0.3 is 0 Å². The summed E-state index contributed by atoms with van der Waals surface area (Å²) >= 11 is 6.16. The van der Waals surface area contributed by atoms with Gasteiger partial charge in [-0.05, 0) is 51.5 Å². The Labute approximate surface area is 190 Å². The highest BCUT2D eigenvalue weighted by molar-refractivity contribution is 6.31. The first-order valence-electron chi connectivity index (χ1n) is 10.3. The molecular formula is C24H24ClN5O2. The number of hydrogen-bond donors (Lipinski definition) is 1. The number of hydrogen-bond acceptors (Lipinski definition) is 4. The van der Waals surface area contributed by atoms with E-state index in [-0.39, 0.29) is 12.5 Å². The van der Waals surface area contributed by atoms with Crippen LogP contribution in [0.2, 0.25) is 5.02 Å². The summed E-state index contributed by atoms with van der Waals surface area (Å²) in [5, 5.41) is 13.1. The molecule has 0 bridgehead atoms. The van der Waals surface area contributed by atoms with Crippen molar-refractivity contribution >= 4 is 28.4 Å². The zero-order chi connectivity index (χ0) is 23.0. The second-order valence-corrected chi connectivity index (χ2v) is 8.28. The van der Waals surface area contributed by atoms with Crippen LogP contribution in [0.4, 0.5) is 0 Å². The molecule has 1 N–H and O–H groups in total. The number of nitrogens with zero attached hydrogens (tertiary/aromatic N) is 4. The zero-order valence-electron chi connectivity index (χ0n) is 18.4. The summed E-state index contributed by atoms with van der Waals surface area (Å²) in [5.74, 6) is -0.326. The number of carbonyl (C=O) groups is 1. The molecule has 0 aliphatic heterocycles. The summed E-state index contributed by atoms with van der Waals surface area (Å²) in [6, 6.07) is 14.4. The molecule has 7 nitrogen and oxygen atoms in total. The van der Waals surface area contributed by atoms with E-state index >= 15 is 0 Å². The van der Waals surface area contributed by atoms with Gasteiger partial charge in [0.2, 0.25) is 5.91 Å². The highest BCUT2D eigenvalue weighted by Crippen LogP contribution is 2.22. The second kappa shape index (κ2) is 8.59. The molecule has 0 spiro atoms. The lowest BCUT2D eigenvalue weighted by atomic mass is 10.2. The summed E-state index contributed by atoms with van der Waals surface area (Å²) < 4.78 is 2.94. The molecule has 1 atom stereocenters. The van der Waals surface area contributed by atoms with Gasteiger partial charge in [-0.15, -0.1) is 0 Å². The van der Waals surface area contributed by atoms with Crippen molar-refractivity contribution in [3.8, 4) is 5.69 Å². The Bertz CT molecular complexity index is 1370. The third-order valence-corrected chi connectivity index (χ3v) is 5.95. The molecule has 1 amide bonds. The standard InChI is InChI=1S/C24H24ClN5O2/c1-14-9-11-19(12-10-14)29-16(3)21-15(2)27-30(24(32)22(21)28-29)17(4)23(31)26-13-18-7-5-6-8-20(18)25/h5-12,17H,13H2,1-4H3,(H,26,31)/t17-/m1/s1. The fraction of sp³-hybridized carbons (Fsp3) is 0.250. The van der Waals surface area contributed by atoms with Crippen molar-refractivity contribution in [2.24, 2.45) is 0 Å². The minimum Gasteiger partial charge on any atom is -0.350 e. The summed E-state index contributed by atoms with van der Waals surface area (Å²) in [4.78, 5) is 26.0. The Morgan fingerprint density at radius 2 is 1.75 bits per heavy atom. The minimum absolute atomic E-state index is 0.264. The minimum atomic E-state index is -0.807. The van der Waals surface area contributed by atoms with Crippen LogP contribution in [0.25, 0.3) is 16.6 Å². The Morgan fingerprint density at radius 3 is 2.44 bits per heavy atom. The summed E-state index contributed by atoms with van der Waals surface area (Å²) in [5.41, 5.74) is 4.16. The second-order valence-electron chi connectivity index (χ2n) is 7.88. The Balaban J connectivity index is 1.68. The number of benzene rings is 2. The quantitative estimate of drug-likeness (QED) is 0.498. The van der Waals surface area contributed by atoms with E-state index in [2.05, 4.69) is 15.5 Å². The van der Waals surface area contributed by atoms with Crippen LogP contribution in [0.3, 0.4) is 0 Å². The van der Waals surface area contributed by atoms with Gasteiger partial charge in [0.1, 0.15) is 6.04 Å². The van der Waals surface area contributed by atoms with E-state index in [1.165, 1.54) is 4.68 Å². The van der Waals surface area contributed by atoms with Crippen LogP contribution in [0.15, 0.2) is 53.3 Å². The third-order valence-electron chi connectivity index (χ3n) is 5.58. The Hall–Kier alpha value is -3.45. The van der Waals surface area contributed by atoms with Crippen molar-refractivity contribution in [3.05, 3.63) is 86.4 Å². The Morgan fingerprint density at radius 1 is 1.06 bits per heavy atom. The molecule has 0 unspecified atom stereocenters. The maximum Gasteiger partial charge on any atom is 0.295 e. The molecular weight excluding hydrogens is 426 g/mol. The number of nitrogens with one attached hydrogen (secondary N) is 1. The van der Waals surface area contributed by atoms with Crippen molar-refractivity contribution in [1.29, 1.82) is 0 Å². The van der Waals surface area contributed by atoms with E-state index in [1.807, 2.05) is 63.2 Å². The van der Waals surface area contributed by atoms with Gasteiger partial charge in [0, 0.05) is 11.6 Å². The van der Waals surface area contributed by atoms with Crippen LogP contribution in [0.5, 0.6) is 0 Å². The molecule has 0 aliphatic carbocycles. The van der Waals surface area contributed by atoms with Crippen LogP contribution >= 0.6 is 11.6 Å². The lowest BCUT2D eigenvalue weighted by Gasteiger charge is -2.15. The van der Waals surface area contributed by atoms with Crippen molar-refractivity contribution in [2.75, 3.05) is 0 Å². The highest BCUT2D eigenvalue weighted by atomic mass is 35.5. The third kappa shape index (κ3) is 3.91. The predicted octanol–water partition coefficient (Wildman–Crippen LogP) is 4.04. The molecule has 8 heteroatoms. The van der Waals surface area contributed by atoms with Crippen molar-refractivity contribution < 1.29 is 4.79 Å². The lowest BCUT2D eigenvalue weighted by Crippen LogP contribution is -2.37. The van der Waals surface area contributed by atoms with Crippen LogP contribution in [0.1, 0.15) is 35.5 Å². The van der Waals surface area contributed by atoms with Gasteiger partial charge in [0.25, 0.3) is 5.56 Å². The number of fused-ring (bicyclic) bond motifs is 1. The number of carbonyl (C=O) groups excluding carboxylic acids is 1. The van der Waals surface area contributed by atoms with Crippen molar-refractivity contribution in [2.45, 2.75) is 40.3 Å². The normalized spacial score (nSPS) is 12.2. The molecule has 0 aliphatic rings. The molecule has 4 aromatic rings. The van der Waals surface area contributed by atoms with Crippen LogP contribution in [0, 0.1) is 20.8 Å². The van der Waals surface area contributed by atoms with E-state index < -0.39 is 11.6 Å². The van der Waals surface area contributed by atoms with Crippen LogP contribution < -0.4 is 10.9 Å². The topological polar surface area (TPSA) is 81.8 Å². The number of amides is 1. The van der Waals surface area contributed by atoms with E-state index in [1.54, 1.807) is 17.7 Å². The average molecular weight is 450 g/mol. The fourth-order valence-corrected chi connectivity index (χ4v) is 3.94. The van der Waals surface area contributed by atoms with Crippen molar-refractivity contribution in [1.82, 2.24) is 24.9 Å². The van der Waals surface area contributed by atoms with Gasteiger partial charge in [-0.2, -0.15) is 10.2 Å². The number of halogens is 1. The largest absolute Gasteiger partial charge is 0.350 e. The molecule has 4 rings (SSSR count). The smallest absolute Gasteiger partial charge is 0.295 e. The Kier molecular flexibility index (Phi) is 5.84.